The number of carboxylic acids is 1. The number of amides is 1. The normalized spacial score (nSPS) is 19.9. The maximum absolute atomic E-state index is 13.3. The first kappa shape index (κ1) is 20.6. The molecule has 1 aliphatic rings. The summed E-state index contributed by atoms with van der Waals surface area (Å²) in [5.74, 6) is -1.43. The number of aromatic nitrogens is 2. The van der Waals surface area contributed by atoms with Gasteiger partial charge in [0.1, 0.15) is 0 Å². The van der Waals surface area contributed by atoms with Gasteiger partial charge in [-0.15, -0.1) is 10.2 Å². The van der Waals surface area contributed by atoms with Gasteiger partial charge in [-0.1, -0.05) is 12.1 Å². The Kier molecular flexibility index (Phi) is 5.45. The molecule has 2 atom stereocenters. The van der Waals surface area contributed by atoms with Crippen LogP contribution in [0.25, 0.3) is 0 Å². The van der Waals surface area contributed by atoms with Crippen LogP contribution in [-0.4, -0.2) is 57.3 Å². The third kappa shape index (κ3) is 4.15. The zero-order chi connectivity index (χ0) is 21.3. The third-order valence-corrected chi connectivity index (χ3v) is 4.81. The number of benzene rings is 1. The summed E-state index contributed by atoms with van der Waals surface area (Å²) in [6.45, 7) is 4.14. The quantitative estimate of drug-likeness (QED) is 0.841. The number of piperazine rings is 1. The molecule has 3 rings (SSSR count). The molecule has 2 heterocycles. The van der Waals surface area contributed by atoms with Crippen molar-refractivity contribution in [3.63, 3.8) is 0 Å². The van der Waals surface area contributed by atoms with Crippen LogP contribution in [0.2, 0.25) is 0 Å². The molecule has 1 N–H and O–H groups in total. The first-order chi connectivity index (χ1) is 13.6. The molecule has 1 aromatic carbocycles. The number of alkyl halides is 3. The van der Waals surface area contributed by atoms with Crippen molar-refractivity contribution in [2.45, 2.75) is 32.1 Å². The van der Waals surface area contributed by atoms with E-state index < -0.39 is 35.7 Å². The van der Waals surface area contributed by atoms with E-state index >= 15 is 0 Å². The molecule has 29 heavy (non-hydrogen) atoms. The Morgan fingerprint density at radius 1 is 1.03 bits per heavy atom. The summed E-state index contributed by atoms with van der Waals surface area (Å²) >= 11 is 0. The lowest BCUT2D eigenvalue weighted by atomic mass is 10.0. The Hall–Kier alpha value is -3.17. The summed E-state index contributed by atoms with van der Waals surface area (Å²) in [6.07, 6.45) is -4.62. The molecule has 1 aliphatic heterocycles. The predicted octanol–water partition coefficient (Wildman–Crippen LogP) is 2.93. The van der Waals surface area contributed by atoms with Gasteiger partial charge in [0.05, 0.1) is 11.1 Å². The summed E-state index contributed by atoms with van der Waals surface area (Å²) in [5, 5.41) is 16.5. The van der Waals surface area contributed by atoms with Gasteiger partial charge < -0.3 is 14.9 Å². The smallest absolute Gasteiger partial charge is 0.417 e. The Labute approximate surface area is 164 Å². The van der Waals surface area contributed by atoms with Crippen LogP contribution in [0.15, 0.2) is 36.4 Å². The largest absolute Gasteiger partial charge is 0.476 e. The van der Waals surface area contributed by atoms with Crippen molar-refractivity contribution >= 4 is 17.7 Å². The number of halogens is 3. The minimum absolute atomic E-state index is 0.188. The molecule has 2 aromatic rings. The number of carbonyl (C=O) groups excluding carboxylic acids is 1. The Morgan fingerprint density at radius 2 is 1.66 bits per heavy atom. The highest BCUT2D eigenvalue weighted by Crippen LogP contribution is 2.33. The van der Waals surface area contributed by atoms with Gasteiger partial charge in [0.15, 0.2) is 11.5 Å². The average Bonchev–Trinajstić information content (AvgIpc) is 2.66. The molecular weight excluding hydrogens is 389 g/mol. The molecule has 0 bridgehead atoms. The number of carboxylic acid groups (broad SMARTS) is 1. The highest BCUT2D eigenvalue weighted by atomic mass is 19.4. The number of nitrogens with zero attached hydrogens (tertiary/aromatic N) is 4. The van der Waals surface area contributed by atoms with Gasteiger partial charge >= 0.3 is 12.1 Å². The molecule has 2 unspecified atom stereocenters. The van der Waals surface area contributed by atoms with Gasteiger partial charge in [0, 0.05) is 25.2 Å². The van der Waals surface area contributed by atoms with Crippen LogP contribution in [0, 0.1) is 0 Å². The molecule has 1 saturated heterocycles. The van der Waals surface area contributed by atoms with E-state index in [0.29, 0.717) is 18.9 Å². The Morgan fingerprint density at radius 3 is 2.17 bits per heavy atom. The standard InChI is InChI=1S/C19H19F3N4O3/c1-11-9-25(16-8-7-15(18(28)29)23-24-16)10-12(2)26(11)17(27)13-5-3-4-6-14(13)19(20,21)22/h3-8,11-12H,9-10H2,1-2H3,(H,28,29). The summed E-state index contributed by atoms with van der Waals surface area (Å²) in [5.41, 5.74) is -1.52. The van der Waals surface area contributed by atoms with E-state index in [1.165, 1.54) is 35.2 Å². The minimum atomic E-state index is -4.62. The van der Waals surface area contributed by atoms with Crippen LogP contribution < -0.4 is 4.90 Å². The van der Waals surface area contributed by atoms with E-state index in [4.69, 9.17) is 5.11 Å². The Bertz CT molecular complexity index is 906. The highest BCUT2D eigenvalue weighted by Gasteiger charge is 2.39. The first-order valence-corrected chi connectivity index (χ1v) is 8.90. The van der Waals surface area contributed by atoms with Crippen molar-refractivity contribution < 1.29 is 27.9 Å². The minimum Gasteiger partial charge on any atom is -0.476 e. The maximum atomic E-state index is 13.3. The molecule has 0 radical (unpaired) electrons. The Balaban J connectivity index is 1.82. The van der Waals surface area contributed by atoms with Gasteiger partial charge in [0.25, 0.3) is 5.91 Å². The van der Waals surface area contributed by atoms with E-state index in [2.05, 4.69) is 10.2 Å². The second kappa shape index (κ2) is 7.69. The highest BCUT2D eigenvalue weighted by molar-refractivity contribution is 5.96. The van der Waals surface area contributed by atoms with E-state index in [-0.39, 0.29) is 11.3 Å². The molecule has 7 nitrogen and oxygen atoms in total. The lowest BCUT2D eigenvalue weighted by molar-refractivity contribution is -0.138. The SMILES string of the molecule is CC1CN(c2ccc(C(=O)O)nn2)CC(C)N1C(=O)c1ccccc1C(F)(F)F. The molecular formula is C19H19F3N4O3. The maximum Gasteiger partial charge on any atom is 0.417 e. The predicted molar refractivity (Wildman–Crippen MR) is 97.7 cm³/mol. The van der Waals surface area contributed by atoms with Crippen molar-refractivity contribution in [1.29, 1.82) is 0 Å². The number of aromatic carboxylic acids is 1. The number of carbonyl (C=O) groups is 2. The van der Waals surface area contributed by atoms with Crippen LogP contribution >= 0.6 is 0 Å². The molecule has 0 aliphatic carbocycles. The van der Waals surface area contributed by atoms with Crippen molar-refractivity contribution in [2.75, 3.05) is 18.0 Å². The number of hydrogen-bond acceptors (Lipinski definition) is 5. The van der Waals surface area contributed by atoms with Crippen LogP contribution in [0.4, 0.5) is 19.0 Å². The van der Waals surface area contributed by atoms with Crippen LogP contribution in [-0.2, 0) is 6.18 Å². The van der Waals surface area contributed by atoms with Crippen molar-refractivity contribution in [1.82, 2.24) is 15.1 Å². The van der Waals surface area contributed by atoms with Gasteiger partial charge in [-0.05, 0) is 38.1 Å². The number of hydrogen-bond donors (Lipinski definition) is 1. The fraction of sp³-hybridized carbons (Fsp3) is 0.368. The van der Waals surface area contributed by atoms with Crippen LogP contribution in [0.5, 0.6) is 0 Å². The number of rotatable bonds is 3. The second-order valence-corrected chi connectivity index (χ2v) is 6.94. The van der Waals surface area contributed by atoms with Gasteiger partial charge in [-0.3, -0.25) is 4.79 Å². The first-order valence-electron chi connectivity index (χ1n) is 8.90. The van der Waals surface area contributed by atoms with Crippen LogP contribution in [0.3, 0.4) is 0 Å². The van der Waals surface area contributed by atoms with E-state index in [9.17, 15) is 22.8 Å². The lowest BCUT2D eigenvalue weighted by Crippen LogP contribution is -2.59. The summed E-state index contributed by atoms with van der Waals surface area (Å²) in [4.78, 5) is 27.1. The van der Waals surface area contributed by atoms with Crippen molar-refractivity contribution in [3.05, 3.63) is 53.2 Å². The summed E-state index contributed by atoms with van der Waals surface area (Å²) in [6, 6.07) is 6.81. The van der Waals surface area contributed by atoms with Crippen LogP contribution in [0.1, 0.15) is 40.3 Å². The molecule has 0 saturated carbocycles. The molecule has 1 amide bonds. The van der Waals surface area contributed by atoms with Gasteiger partial charge in [0.2, 0.25) is 0 Å². The zero-order valence-corrected chi connectivity index (χ0v) is 15.7. The van der Waals surface area contributed by atoms with E-state index in [1.807, 2.05) is 4.90 Å². The fourth-order valence-electron chi connectivity index (χ4n) is 3.57. The van der Waals surface area contributed by atoms with Gasteiger partial charge in [-0.2, -0.15) is 13.2 Å². The van der Waals surface area contributed by atoms with Crippen molar-refractivity contribution in [3.8, 4) is 0 Å². The monoisotopic (exact) mass is 408 g/mol. The average molecular weight is 408 g/mol. The lowest BCUT2D eigenvalue weighted by Gasteiger charge is -2.45. The molecule has 154 valence electrons. The molecule has 10 heteroatoms. The number of anilines is 1. The zero-order valence-electron chi connectivity index (χ0n) is 15.7. The van der Waals surface area contributed by atoms with Crippen molar-refractivity contribution in [2.24, 2.45) is 0 Å². The summed E-state index contributed by atoms with van der Waals surface area (Å²) in [7, 11) is 0. The fourth-order valence-corrected chi connectivity index (χ4v) is 3.57. The molecule has 1 aromatic heterocycles. The topological polar surface area (TPSA) is 86.6 Å². The van der Waals surface area contributed by atoms with E-state index in [0.717, 1.165) is 6.07 Å². The molecule has 1 fully saturated rings. The summed E-state index contributed by atoms with van der Waals surface area (Å²) < 4.78 is 39.9. The van der Waals surface area contributed by atoms with Gasteiger partial charge in [-0.25, -0.2) is 4.79 Å². The third-order valence-electron chi connectivity index (χ3n) is 4.81. The van der Waals surface area contributed by atoms with E-state index in [1.54, 1.807) is 13.8 Å². The molecule has 0 spiro atoms. The second-order valence-electron chi connectivity index (χ2n) is 6.94.